The molecule has 2 unspecified atom stereocenters. The van der Waals surface area contributed by atoms with Crippen LogP contribution >= 0.6 is 11.3 Å². The Morgan fingerprint density at radius 3 is 2.57 bits per heavy atom. The van der Waals surface area contributed by atoms with Crippen LogP contribution in [0, 0.1) is 5.92 Å². The van der Waals surface area contributed by atoms with Crippen LogP contribution in [0.3, 0.4) is 0 Å². The molecule has 1 saturated heterocycles. The highest BCUT2D eigenvalue weighted by molar-refractivity contribution is 7.20. The highest BCUT2D eigenvalue weighted by Crippen LogP contribution is 2.36. The topological polar surface area (TPSA) is 75.4 Å². The first-order chi connectivity index (χ1) is 13.4. The van der Waals surface area contributed by atoms with E-state index in [4.69, 9.17) is 0 Å². The minimum Gasteiger partial charge on any atom is -0.481 e. The number of hydrogen-bond acceptors (Lipinski definition) is 4. The zero-order valence-corrected chi connectivity index (χ0v) is 16.9. The molecule has 1 aliphatic heterocycles. The van der Waals surface area contributed by atoms with Gasteiger partial charge in [-0.25, -0.2) is 0 Å². The number of aromatic nitrogens is 2. The number of aryl methyl sites for hydroxylation is 1. The van der Waals surface area contributed by atoms with Gasteiger partial charge in [0.1, 0.15) is 4.83 Å². The number of aliphatic carboxylic acids is 1. The second-order valence-corrected chi connectivity index (χ2v) is 8.70. The van der Waals surface area contributed by atoms with Crippen LogP contribution in [0.4, 0.5) is 0 Å². The second kappa shape index (κ2) is 7.05. The van der Waals surface area contributed by atoms with Gasteiger partial charge in [0.05, 0.1) is 16.5 Å². The number of carboxylic acids is 1. The van der Waals surface area contributed by atoms with Crippen molar-refractivity contribution in [1.82, 2.24) is 14.7 Å². The Labute approximate surface area is 167 Å². The highest BCUT2D eigenvalue weighted by Gasteiger charge is 2.41. The van der Waals surface area contributed by atoms with Gasteiger partial charge in [-0.2, -0.15) is 5.10 Å². The fourth-order valence-corrected chi connectivity index (χ4v) is 5.06. The smallest absolute Gasteiger partial charge is 0.308 e. The van der Waals surface area contributed by atoms with Crippen molar-refractivity contribution in [2.24, 2.45) is 13.0 Å². The van der Waals surface area contributed by atoms with Crippen molar-refractivity contribution in [2.45, 2.75) is 25.7 Å². The van der Waals surface area contributed by atoms with Crippen molar-refractivity contribution in [1.29, 1.82) is 0 Å². The summed E-state index contributed by atoms with van der Waals surface area (Å²) in [5.41, 5.74) is 1.95. The van der Waals surface area contributed by atoms with E-state index < -0.39 is 11.9 Å². The van der Waals surface area contributed by atoms with Crippen LogP contribution < -0.4 is 0 Å². The summed E-state index contributed by atoms with van der Waals surface area (Å²) >= 11 is 1.43. The lowest BCUT2D eigenvalue weighted by Crippen LogP contribution is -2.29. The Morgan fingerprint density at radius 1 is 1.21 bits per heavy atom. The zero-order valence-electron chi connectivity index (χ0n) is 16.1. The molecular weight excluding hydrogens is 374 g/mol. The first kappa shape index (κ1) is 18.7. The Morgan fingerprint density at radius 2 is 1.93 bits per heavy atom. The SMILES string of the molecule is CC(C)c1nn(C)c2sc(C(=O)N3CC(C(=O)O)C(c4ccccc4)C3)cc12. The maximum absolute atomic E-state index is 13.2. The van der Waals surface area contributed by atoms with Crippen molar-refractivity contribution in [2.75, 3.05) is 13.1 Å². The molecule has 0 bridgehead atoms. The van der Waals surface area contributed by atoms with E-state index in [1.807, 2.05) is 48.1 Å². The van der Waals surface area contributed by atoms with Crippen LogP contribution in [0.25, 0.3) is 10.2 Å². The molecule has 2 atom stereocenters. The summed E-state index contributed by atoms with van der Waals surface area (Å²) in [4.78, 5) is 28.3. The van der Waals surface area contributed by atoms with E-state index in [2.05, 4.69) is 18.9 Å². The van der Waals surface area contributed by atoms with E-state index in [-0.39, 0.29) is 24.3 Å². The van der Waals surface area contributed by atoms with Crippen molar-refractivity contribution in [3.8, 4) is 0 Å². The molecule has 2 aromatic heterocycles. The third-order valence-electron chi connectivity index (χ3n) is 5.45. The monoisotopic (exact) mass is 397 g/mol. The largest absolute Gasteiger partial charge is 0.481 e. The molecule has 4 rings (SSSR count). The Balaban J connectivity index is 1.64. The molecule has 1 aromatic carbocycles. The van der Waals surface area contributed by atoms with Gasteiger partial charge < -0.3 is 10.0 Å². The number of carbonyl (C=O) groups excluding carboxylic acids is 1. The van der Waals surface area contributed by atoms with Crippen LogP contribution in [-0.2, 0) is 11.8 Å². The third kappa shape index (κ3) is 3.09. The van der Waals surface area contributed by atoms with Gasteiger partial charge in [0.25, 0.3) is 5.91 Å². The van der Waals surface area contributed by atoms with Crippen LogP contribution in [0.5, 0.6) is 0 Å². The molecule has 3 heterocycles. The van der Waals surface area contributed by atoms with E-state index >= 15 is 0 Å². The molecule has 146 valence electrons. The van der Waals surface area contributed by atoms with E-state index in [1.54, 1.807) is 4.90 Å². The average molecular weight is 398 g/mol. The quantitative estimate of drug-likeness (QED) is 0.728. The Hall–Kier alpha value is -2.67. The van der Waals surface area contributed by atoms with Gasteiger partial charge in [0, 0.05) is 31.4 Å². The zero-order chi connectivity index (χ0) is 20.0. The Bertz CT molecular complexity index is 1040. The number of carboxylic acid groups (broad SMARTS) is 1. The van der Waals surface area contributed by atoms with E-state index in [0.29, 0.717) is 11.4 Å². The summed E-state index contributed by atoms with van der Waals surface area (Å²) in [6, 6.07) is 11.5. The molecule has 28 heavy (non-hydrogen) atoms. The van der Waals surface area contributed by atoms with Crippen molar-refractivity contribution < 1.29 is 14.7 Å². The minimum atomic E-state index is -0.855. The predicted molar refractivity (Wildman–Crippen MR) is 109 cm³/mol. The molecule has 0 radical (unpaired) electrons. The minimum absolute atomic E-state index is 0.0967. The van der Waals surface area contributed by atoms with E-state index in [1.165, 1.54) is 11.3 Å². The fourth-order valence-electron chi connectivity index (χ4n) is 4.01. The maximum Gasteiger partial charge on any atom is 0.308 e. The molecular formula is C21H23N3O3S. The lowest BCUT2D eigenvalue weighted by atomic mass is 9.89. The molecule has 7 heteroatoms. The van der Waals surface area contributed by atoms with Gasteiger partial charge in [-0.3, -0.25) is 14.3 Å². The van der Waals surface area contributed by atoms with E-state index in [9.17, 15) is 14.7 Å². The number of rotatable bonds is 4. The lowest BCUT2D eigenvalue weighted by Gasteiger charge is -2.15. The van der Waals surface area contributed by atoms with Crippen LogP contribution in [-0.4, -0.2) is 44.8 Å². The first-order valence-corrected chi connectivity index (χ1v) is 10.2. The molecule has 3 aromatic rings. The highest BCUT2D eigenvalue weighted by atomic mass is 32.1. The second-order valence-electron chi connectivity index (χ2n) is 7.67. The van der Waals surface area contributed by atoms with Gasteiger partial charge in [-0.1, -0.05) is 44.2 Å². The molecule has 0 saturated carbocycles. The molecule has 0 aliphatic carbocycles. The third-order valence-corrected chi connectivity index (χ3v) is 6.64. The number of nitrogens with zero attached hydrogens (tertiary/aromatic N) is 3. The van der Waals surface area contributed by atoms with Gasteiger partial charge in [0.15, 0.2) is 0 Å². The molecule has 6 nitrogen and oxygen atoms in total. The number of amides is 1. The molecule has 1 N–H and O–H groups in total. The predicted octanol–water partition coefficient (Wildman–Crippen LogP) is 3.70. The number of benzene rings is 1. The Kier molecular flexibility index (Phi) is 4.71. The van der Waals surface area contributed by atoms with Crippen molar-refractivity contribution in [3.05, 3.63) is 52.5 Å². The van der Waals surface area contributed by atoms with E-state index in [0.717, 1.165) is 21.5 Å². The van der Waals surface area contributed by atoms with Gasteiger partial charge >= 0.3 is 5.97 Å². The maximum atomic E-state index is 13.2. The van der Waals surface area contributed by atoms with Crippen molar-refractivity contribution in [3.63, 3.8) is 0 Å². The van der Waals surface area contributed by atoms with Gasteiger partial charge in [-0.05, 0) is 17.5 Å². The normalized spacial score (nSPS) is 19.6. The number of fused-ring (bicyclic) bond motifs is 1. The van der Waals surface area contributed by atoms with Crippen molar-refractivity contribution >= 4 is 33.4 Å². The first-order valence-electron chi connectivity index (χ1n) is 9.40. The summed E-state index contributed by atoms with van der Waals surface area (Å²) < 4.78 is 1.82. The van der Waals surface area contributed by atoms with Gasteiger partial charge in [-0.15, -0.1) is 11.3 Å². The number of likely N-dealkylation sites (tertiary alicyclic amines) is 1. The lowest BCUT2D eigenvalue weighted by molar-refractivity contribution is -0.141. The number of thiophene rings is 1. The number of hydrogen-bond donors (Lipinski definition) is 1. The van der Waals surface area contributed by atoms with Crippen LogP contribution in [0.15, 0.2) is 36.4 Å². The summed E-state index contributed by atoms with van der Waals surface area (Å²) in [7, 11) is 1.89. The summed E-state index contributed by atoms with van der Waals surface area (Å²) in [5.74, 6) is -1.46. The summed E-state index contributed by atoms with van der Waals surface area (Å²) in [6.07, 6.45) is 0. The number of carbonyl (C=O) groups is 2. The average Bonchev–Trinajstić information content (AvgIpc) is 3.36. The molecule has 1 amide bonds. The van der Waals surface area contributed by atoms with Gasteiger partial charge in [0.2, 0.25) is 0 Å². The molecule has 1 aliphatic rings. The molecule has 1 fully saturated rings. The summed E-state index contributed by atoms with van der Waals surface area (Å²) in [5, 5.41) is 15.3. The summed E-state index contributed by atoms with van der Waals surface area (Å²) in [6.45, 7) is 4.83. The fraction of sp³-hybridized carbons (Fsp3) is 0.381. The van der Waals surface area contributed by atoms with Crippen LogP contribution in [0.2, 0.25) is 0 Å². The molecule has 0 spiro atoms. The standard InChI is InChI=1S/C21H23N3O3S/c1-12(2)18-14-9-17(28-20(14)23(3)22-18)19(25)24-10-15(16(11-24)21(26)27)13-7-5-4-6-8-13/h4-9,12,15-16H,10-11H2,1-3H3,(H,26,27). The van der Waals surface area contributed by atoms with Crippen LogP contribution in [0.1, 0.15) is 46.6 Å².